The molecule has 0 saturated carbocycles. The van der Waals surface area contributed by atoms with Crippen LogP contribution in [0.2, 0.25) is 0 Å². The van der Waals surface area contributed by atoms with E-state index >= 15 is 0 Å². The van der Waals surface area contributed by atoms with E-state index in [1.807, 2.05) is 58.9 Å². The van der Waals surface area contributed by atoms with Crippen LogP contribution in [0, 0.1) is 0 Å². The summed E-state index contributed by atoms with van der Waals surface area (Å²) in [7, 11) is -0.347. The average molecular weight is 289 g/mol. The third kappa shape index (κ3) is 3.30. The summed E-state index contributed by atoms with van der Waals surface area (Å²) in [5, 5.41) is 2.87. The maximum Gasteiger partial charge on any atom is 0.494 e. The van der Waals surface area contributed by atoms with Gasteiger partial charge in [0.25, 0.3) is 0 Å². The summed E-state index contributed by atoms with van der Waals surface area (Å²) in [5.41, 5.74) is 1.39. The van der Waals surface area contributed by atoms with Crippen LogP contribution in [0.3, 0.4) is 0 Å². The van der Waals surface area contributed by atoms with Crippen LogP contribution in [-0.4, -0.2) is 24.2 Å². The number of carbonyl (C=O) groups is 1. The first kappa shape index (κ1) is 16.1. The van der Waals surface area contributed by atoms with Gasteiger partial charge >= 0.3 is 7.12 Å². The van der Waals surface area contributed by atoms with Gasteiger partial charge in [0, 0.05) is 6.92 Å². The molecular weight excluding hydrogens is 265 g/mol. The molecule has 21 heavy (non-hydrogen) atoms. The van der Waals surface area contributed by atoms with E-state index in [-0.39, 0.29) is 30.3 Å². The summed E-state index contributed by atoms with van der Waals surface area (Å²) in [4.78, 5) is 11.1. The first-order valence-corrected chi connectivity index (χ1v) is 7.35. The molecule has 2 rings (SSSR count). The molecule has 1 aromatic rings. The van der Waals surface area contributed by atoms with Gasteiger partial charge in [-0.1, -0.05) is 24.3 Å². The van der Waals surface area contributed by atoms with Crippen molar-refractivity contribution in [3.63, 3.8) is 0 Å². The molecule has 1 aliphatic rings. The van der Waals surface area contributed by atoms with Gasteiger partial charge in [-0.05, 0) is 45.6 Å². The van der Waals surface area contributed by atoms with E-state index in [2.05, 4.69) is 5.32 Å². The van der Waals surface area contributed by atoms with Crippen LogP contribution in [0.4, 0.5) is 0 Å². The zero-order valence-electron chi connectivity index (χ0n) is 13.7. The average Bonchev–Trinajstić information content (AvgIpc) is 2.58. The minimum atomic E-state index is -0.347. The summed E-state index contributed by atoms with van der Waals surface area (Å²) in [6.45, 7) is 11.7. The lowest BCUT2D eigenvalue weighted by Gasteiger charge is -2.32. The monoisotopic (exact) mass is 289 g/mol. The van der Waals surface area contributed by atoms with Crippen molar-refractivity contribution < 1.29 is 14.1 Å². The van der Waals surface area contributed by atoms with Gasteiger partial charge in [0.1, 0.15) is 0 Å². The Morgan fingerprint density at radius 2 is 1.57 bits per heavy atom. The number of rotatable bonds is 3. The quantitative estimate of drug-likeness (QED) is 0.868. The van der Waals surface area contributed by atoms with Crippen molar-refractivity contribution in [3.05, 3.63) is 29.8 Å². The molecule has 4 nitrogen and oxygen atoms in total. The van der Waals surface area contributed by atoms with Crippen molar-refractivity contribution in [1.82, 2.24) is 5.32 Å². The SMILES string of the molecule is CC(=O)N[C@H](C)c1ccc(B2OC(C)(C)C(C)(C)O2)cc1. The van der Waals surface area contributed by atoms with Crippen LogP contribution in [0.15, 0.2) is 24.3 Å². The standard InChI is InChI=1S/C16H24BNO3/c1-11(18-12(2)19)13-7-9-14(10-8-13)17-20-15(3,4)16(5,6)21-17/h7-11H,1-6H3,(H,18,19)/t11-/m1/s1. The molecule has 0 spiro atoms. The van der Waals surface area contributed by atoms with Crippen LogP contribution in [0.5, 0.6) is 0 Å². The predicted octanol–water partition coefficient (Wildman–Crippen LogP) is 2.18. The van der Waals surface area contributed by atoms with Gasteiger partial charge in [-0.15, -0.1) is 0 Å². The topological polar surface area (TPSA) is 47.6 Å². The van der Waals surface area contributed by atoms with E-state index in [1.165, 1.54) is 6.92 Å². The largest absolute Gasteiger partial charge is 0.494 e. The first-order chi connectivity index (χ1) is 9.62. The fourth-order valence-corrected chi connectivity index (χ4v) is 2.31. The van der Waals surface area contributed by atoms with Crippen molar-refractivity contribution in [2.75, 3.05) is 0 Å². The maximum absolute atomic E-state index is 11.1. The Balaban J connectivity index is 2.12. The zero-order valence-corrected chi connectivity index (χ0v) is 13.7. The molecule has 5 heteroatoms. The molecule has 0 aromatic heterocycles. The fourth-order valence-electron chi connectivity index (χ4n) is 2.31. The summed E-state index contributed by atoms with van der Waals surface area (Å²) >= 11 is 0. The van der Waals surface area contributed by atoms with E-state index in [0.717, 1.165) is 11.0 Å². The number of amides is 1. The molecule has 1 fully saturated rings. The number of carbonyl (C=O) groups excluding carboxylic acids is 1. The Labute approximate surface area is 127 Å². The molecule has 1 aliphatic heterocycles. The molecule has 0 bridgehead atoms. The Morgan fingerprint density at radius 3 is 2.00 bits per heavy atom. The highest BCUT2D eigenvalue weighted by Crippen LogP contribution is 2.36. The fraction of sp³-hybridized carbons (Fsp3) is 0.562. The second kappa shape index (κ2) is 5.46. The maximum atomic E-state index is 11.1. The minimum Gasteiger partial charge on any atom is -0.399 e. The molecule has 1 heterocycles. The molecule has 1 amide bonds. The summed E-state index contributed by atoms with van der Waals surface area (Å²) in [6.07, 6.45) is 0. The Hall–Kier alpha value is -1.33. The highest BCUT2D eigenvalue weighted by molar-refractivity contribution is 6.62. The lowest BCUT2D eigenvalue weighted by atomic mass is 9.78. The van der Waals surface area contributed by atoms with E-state index in [9.17, 15) is 4.79 Å². The Kier molecular flexibility index (Phi) is 4.18. The second-order valence-corrected chi connectivity index (χ2v) is 6.68. The molecule has 0 aliphatic carbocycles. The van der Waals surface area contributed by atoms with Crippen molar-refractivity contribution >= 4 is 18.5 Å². The van der Waals surface area contributed by atoms with E-state index in [0.29, 0.717) is 0 Å². The Bertz CT molecular complexity index is 509. The first-order valence-electron chi connectivity index (χ1n) is 7.35. The normalized spacial score (nSPS) is 21.1. The van der Waals surface area contributed by atoms with Gasteiger partial charge in [0.15, 0.2) is 0 Å². The van der Waals surface area contributed by atoms with E-state index < -0.39 is 0 Å². The minimum absolute atomic E-state index is 0.00477. The smallest absolute Gasteiger partial charge is 0.399 e. The third-order valence-corrected chi connectivity index (χ3v) is 4.38. The molecular formula is C16H24BNO3. The van der Waals surface area contributed by atoms with Crippen LogP contribution in [-0.2, 0) is 14.1 Å². The molecule has 114 valence electrons. The zero-order chi connectivity index (χ0) is 15.8. The molecule has 1 aromatic carbocycles. The highest BCUT2D eigenvalue weighted by atomic mass is 16.7. The molecule has 0 radical (unpaired) electrons. The van der Waals surface area contributed by atoms with Crippen molar-refractivity contribution in [3.8, 4) is 0 Å². The number of hydrogen-bond donors (Lipinski definition) is 1. The highest BCUT2D eigenvalue weighted by Gasteiger charge is 2.51. The van der Waals surface area contributed by atoms with Gasteiger partial charge in [-0.2, -0.15) is 0 Å². The van der Waals surface area contributed by atoms with Crippen molar-refractivity contribution in [2.24, 2.45) is 0 Å². The van der Waals surface area contributed by atoms with Gasteiger partial charge < -0.3 is 14.6 Å². The summed E-state index contributed by atoms with van der Waals surface area (Å²) in [6, 6.07) is 7.99. The number of nitrogens with one attached hydrogen (secondary N) is 1. The van der Waals surface area contributed by atoms with Crippen LogP contribution >= 0.6 is 0 Å². The van der Waals surface area contributed by atoms with Gasteiger partial charge in [-0.3, -0.25) is 4.79 Å². The third-order valence-electron chi connectivity index (χ3n) is 4.38. The molecule has 0 unspecified atom stereocenters. The van der Waals surface area contributed by atoms with Gasteiger partial charge in [0.05, 0.1) is 17.2 Å². The number of hydrogen-bond acceptors (Lipinski definition) is 3. The lowest BCUT2D eigenvalue weighted by molar-refractivity contribution is -0.119. The van der Waals surface area contributed by atoms with E-state index in [4.69, 9.17) is 9.31 Å². The molecule has 1 saturated heterocycles. The Morgan fingerprint density at radius 1 is 1.10 bits per heavy atom. The van der Waals surface area contributed by atoms with Gasteiger partial charge in [0.2, 0.25) is 5.91 Å². The van der Waals surface area contributed by atoms with E-state index in [1.54, 1.807) is 0 Å². The van der Waals surface area contributed by atoms with Crippen LogP contribution < -0.4 is 10.8 Å². The second-order valence-electron chi connectivity index (χ2n) is 6.68. The van der Waals surface area contributed by atoms with Crippen molar-refractivity contribution in [1.29, 1.82) is 0 Å². The van der Waals surface area contributed by atoms with Gasteiger partial charge in [-0.25, -0.2) is 0 Å². The number of benzene rings is 1. The summed E-state index contributed by atoms with van der Waals surface area (Å²) in [5.74, 6) is -0.0301. The lowest BCUT2D eigenvalue weighted by Crippen LogP contribution is -2.41. The summed E-state index contributed by atoms with van der Waals surface area (Å²) < 4.78 is 12.0. The molecule has 1 N–H and O–H groups in total. The van der Waals surface area contributed by atoms with Crippen LogP contribution in [0.25, 0.3) is 0 Å². The molecule has 1 atom stereocenters. The van der Waals surface area contributed by atoms with Crippen LogP contribution in [0.1, 0.15) is 53.1 Å². The van der Waals surface area contributed by atoms with Crippen molar-refractivity contribution in [2.45, 2.75) is 58.8 Å². The predicted molar refractivity (Wildman–Crippen MR) is 84.4 cm³/mol.